The van der Waals surface area contributed by atoms with Gasteiger partial charge in [0.15, 0.2) is 19.3 Å². The van der Waals surface area contributed by atoms with Gasteiger partial charge >= 0.3 is 5.97 Å². The second-order valence-electron chi connectivity index (χ2n) is 4.50. The smallest absolute Gasteiger partial charge is 0.341 e. The number of ether oxygens (including phenoxy) is 5. The van der Waals surface area contributed by atoms with Crippen LogP contribution in [0, 0.1) is 0 Å². The van der Waals surface area contributed by atoms with E-state index in [1.165, 1.54) is 33.5 Å². The van der Waals surface area contributed by atoms with E-state index in [1.807, 2.05) is 0 Å². The molecule has 0 spiro atoms. The molecule has 0 aliphatic carbocycles. The molecule has 1 aromatic carbocycles. The molecule has 0 bridgehead atoms. The first-order valence-corrected chi connectivity index (χ1v) is 7.07. The molecule has 1 amide bonds. The zero-order valence-corrected chi connectivity index (χ0v) is 13.9. The van der Waals surface area contributed by atoms with E-state index >= 15 is 0 Å². The van der Waals surface area contributed by atoms with Crippen molar-refractivity contribution in [1.82, 2.24) is 0 Å². The minimum Gasteiger partial charge on any atom is -0.465 e. The Morgan fingerprint density at radius 2 is 1.75 bits per heavy atom. The number of methoxy groups -OCH3 is 3. The second kappa shape index (κ2) is 10.4. The fourth-order valence-corrected chi connectivity index (χ4v) is 1.80. The van der Waals surface area contributed by atoms with Gasteiger partial charge in [-0.15, -0.1) is 0 Å². The quantitative estimate of drug-likeness (QED) is 0.472. The molecule has 0 atom stereocenters. The summed E-state index contributed by atoms with van der Waals surface area (Å²) < 4.78 is 25.3. The number of nitrogens with one attached hydrogen (secondary N) is 1. The van der Waals surface area contributed by atoms with Crippen molar-refractivity contribution in [3.63, 3.8) is 0 Å². The zero-order valence-electron chi connectivity index (χ0n) is 13.9. The zero-order chi connectivity index (χ0) is 17.9. The maximum atomic E-state index is 11.9. The SMILES string of the molecule is COCOc1ccc(C(=O)OC)c(OCOC)c1NC(=O)CCN. The number of rotatable bonds is 10. The van der Waals surface area contributed by atoms with Gasteiger partial charge in [-0.25, -0.2) is 4.79 Å². The van der Waals surface area contributed by atoms with Crippen LogP contribution in [0.25, 0.3) is 0 Å². The molecule has 0 heterocycles. The summed E-state index contributed by atoms with van der Waals surface area (Å²) in [6.07, 6.45) is 0.0931. The van der Waals surface area contributed by atoms with Crippen molar-refractivity contribution in [2.24, 2.45) is 5.73 Å². The highest BCUT2D eigenvalue weighted by Gasteiger charge is 2.23. The number of hydrogen-bond acceptors (Lipinski definition) is 8. The molecule has 9 nitrogen and oxygen atoms in total. The highest BCUT2D eigenvalue weighted by Crippen LogP contribution is 2.38. The Morgan fingerprint density at radius 1 is 1.08 bits per heavy atom. The average Bonchev–Trinajstić information content (AvgIpc) is 2.58. The molecule has 1 rings (SSSR count). The molecule has 9 heteroatoms. The van der Waals surface area contributed by atoms with Crippen molar-refractivity contribution >= 4 is 17.6 Å². The van der Waals surface area contributed by atoms with Crippen LogP contribution in [0.5, 0.6) is 11.5 Å². The van der Waals surface area contributed by atoms with E-state index in [4.69, 9.17) is 29.4 Å². The lowest BCUT2D eigenvalue weighted by molar-refractivity contribution is -0.116. The summed E-state index contributed by atoms with van der Waals surface area (Å²) in [4.78, 5) is 23.9. The lowest BCUT2D eigenvalue weighted by Crippen LogP contribution is -2.19. The van der Waals surface area contributed by atoms with E-state index in [9.17, 15) is 9.59 Å². The van der Waals surface area contributed by atoms with Gasteiger partial charge in [0.1, 0.15) is 17.0 Å². The molecule has 0 saturated carbocycles. The van der Waals surface area contributed by atoms with Crippen molar-refractivity contribution in [1.29, 1.82) is 0 Å². The Hall–Kier alpha value is -2.36. The summed E-state index contributed by atoms with van der Waals surface area (Å²) in [5, 5.41) is 2.63. The number of esters is 1. The first-order valence-electron chi connectivity index (χ1n) is 7.07. The largest absolute Gasteiger partial charge is 0.465 e. The fourth-order valence-electron chi connectivity index (χ4n) is 1.80. The van der Waals surface area contributed by atoms with E-state index in [-0.39, 0.29) is 55.2 Å². The summed E-state index contributed by atoms with van der Waals surface area (Å²) in [5.74, 6) is -0.651. The number of carbonyl (C=O) groups excluding carboxylic acids is 2. The Balaban J connectivity index is 3.34. The lowest BCUT2D eigenvalue weighted by atomic mass is 10.1. The summed E-state index contributed by atoms with van der Waals surface area (Å²) >= 11 is 0. The van der Waals surface area contributed by atoms with Crippen LogP contribution >= 0.6 is 0 Å². The number of benzene rings is 1. The van der Waals surface area contributed by atoms with E-state index in [2.05, 4.69) is 5.32 Å². The van der Waals surface area contributed by atoms with Gasteiger partial charge in [0, 0.05) is 27.2 Å². The fraction of sp³-hybridized carbons (Fsp3) is 0.467. The van der Waals surface area contributed by atoms with E-state index in [1.54, 1.807) is 0 Å². The van der Waals surface area contributed by atoms with Crippen LogP contribution < -0.4 is 20.5 Å². The van der Waals surface area contributed by atoms with Crippen molar-refractivity contribution in [3.05, 3.63) is 17.7 Å². The number of anilines is 1. The highest BCUT2D eigenvalue weighted by atomic mass is 16.7. The Bertz CT molecular complexity index is 563. The topological polar surface area (TPSA) is 118 Å². The van der Waals surface area contributed by atoms with Gasteiger partial charge in [0.05, 0.1) is 7.11 Å². The van der Waals surface area contributed by atoms with Gasteiger partial charge in [-0.1, -0.05) is 0 Å². The third-order valence-electron chi connectivity index (χ3n) is 2.81. The summed E-state index contributed by atoms with van der Waals surface area (Å²) in [5.41, 5.74) is 5.67. The molecule has 0 aliphatic heterocycles. The third-order valence-corrected chi connectivity index (χ3v) is 2.81. The van der Waals surface area contributed by atoms with E-state index in [0.29, 0.717) is 0 Å². The van der Waals surface area contributed by atoms with Gasteiger partial charge in [0.2, 0.25) is 5.91 Å². The summed E-state index contributed by atoms with van der Waals surface area (Å²) in [7, 11) is 4.12. The minimum absolute atomic E-state index is 0.0545. The van der Waals surface area contributed by atoms with Gasteiger partial charge in [-0.05, 0) is 12.1 Å². The predicted molar refractivity (Wildman–Crippen MR) is 85.1 cm³/mol. The van der Waals surface area contributed by atoms with Crippen molar-refractivity contribution in [2.75, 3.05) is 46.8 Å². The molecule has 0 aromatic heterocycles. The van der Waals surface area contributed by atoms with Crippen molar-refractivity contribution in [3.8, 4) is 11.5 Å². The van der Waals surface area contributed by atoms with Gasteiger partial charge in [-0.3, -0.25) is 4.79 Å². The van der Waals surface area contributed by atoms with Crippen LogP contribution in [-0.2, 0) is 19.0 Å². The third kappa shape index (κ3) is 5.37. The second-order valence-corrected chi connectivity index (χ2v) is 4.50. The molecular weight excluding hydrogens is 320 g/mol. The molecule has 0 aliphatic rings. The molecule has 1 aromatic rings. The molecule has 0 saturated heterocycles. The van der Waals surface area contributed by atoms with E-state index in [0.717, 1.165) is 0 Å². The molecule has 3 N–H and O–H groups in total. The molecule has 0 fully saturated rings. The summed E-state index contributed by atoms with van der Waals surface area (Å²) in [6.45, 7) is -0.0242. The van der Waals surface area contributed by atoms with Crippen LogP contribution in [0.15, 0.2) is 12.1 Å². The minimum atomic E-state index is -0.631. The number of carbonyl (C=O) groups is 2. The maximum absolute atomic E-state index is 11.9. The lowest BCUT2D eigenvalue weighted by Gasteiger charge is -2.18. The van der Waals surface area contributed by atoms with Crippen molar-refractivity contribution in [2.45, 2.75) is 6.42 Å². The van der Waals surface area contributed by atoms with E-state index < -0.39 is 5.97 Å². The predicted octanol–water partition coefficient (Wildman–Crippen LogP) is 0.726. The number of amides is 1. The first kappa shape index (κ1) is 19.7. The molecule has 134 valence electrons. The van der Waals surface area contributed by atoms with Crippen LogP contribution in [0.3, 0.4) is 0 Å². The molecular formula is C15H22N2O7. The Labute approximate surface area is 139 Å². The van der Waals surface area contributed by atoms with Crippen LogP contribution in [0.4, 0.5) is 5.69 Å². The Kier molecular flexibility index (Phi) is 8.55. The number of nitrogens with two attached hydrogens (primary N) is 1. The van der Waals surface area contributed by atoms with Gasteiger partial charge < -0.3 is 34.7 Å². The van der Waals surface area contributed by atoms with Crippen molar-refractivity contribution < 1.29 is 33.3 Å². The first-order chi connectivity index (χ1) is 11.6. The highest BCUT2D eigenvalue weighted by molar-refractivity contribution is 6.00. The standard InChI is InChI=1S/C15H22N2O7/c1-20-8-23-11-5-4-10(15(19)22-3)14(24-9-21-2)13(11)17-12(18)6-7-16/h4-5H,6-9,16H2,1-3H3,(H,17,18). The maximum Gasteiger partial charge on any atom is 0.341 e. The Morgan fingerprint density at radius 3 is 2.33 bits per heavy atom. The summed E-state index contributed by atoms with van der Waals surface area (Å²) in [6, 6.07) is 2.96. The number of hydrogen-bond donors (Lipinski definition) is 2. The normalized spacial score (nSPS) is 10.2. The molecule has 24 heavy (non-hydrogen) atoms. The molecule has 0 unspecified atom stereocenters. The van der Waals surface area contributed by atoms with Crippen LogP contribution in [0.1, 0.15) is 16.8 Å². The molecule has 0 radical (unpaired) electrons. The average molecular weight is 342 g/mol. The van der Waals surface area contributed by atoms with Crippen LogP contribution in [-0.4, -0.2) is 53.3 Å². The van der Waals surface area contributed by atoms with Gasteiger partial charge in [-0.2, -0.15) is 0 Å². The van der Waals surface area contributed by atoms with Gasteiger partial charge in [0.25, 0.3) is 0 Å². The van der Waals surface area contributed by atoms with Crippen LogP contribution in [0.2, 0.25) is 0 Å². The monoisotopic (exact) mass is 342 g/mol.